The second-order valence-corrected chi connectivity index (χ2v) is 4.63. The molecule has 3 nitrogen and oxygen atoms in total. The number of ether oxygens (including phenoxy) is 2. The van der Waals surface area contributed by atoms with Crippen molar-refractivity contribution in [2.45, 2.75) is 13.5 Å². The first-order valence-electron chi connectivity index (χ1n) is 6.72. The van der Waals surface area contributed by atoms with Crippen LogP contribution in [0.4, 0.5) is 0 Å². The van der Waals surface area contributed by atoms with Crippen molar-refractivity contribution in [2.24, 2.45) is 0 Å². The molecule has 108 valence electrons. The minimum atomic E-state index is 0.0116. The van der Waals surface area contributed by atoms with Gasteiger partial charge in [-0.2, -0.15) is 0 Å². The largest absolute Gasteiger partial charge is 0.493 e. The summed E-state index contributed by atoms with van der Waals surface area (Å²) in [6.45, 7) is 1.99. The standard InChI is InChI=1S/C18H18O3/c1-14(19)8-9-15-10-11-17(20-2)18(12-15)21-13-16-6-4-3-5-7-16/h3-12H,13H2,1-2H3/b9-8+. The van der Waals surface area contributed by atoms with Gasteiger partial charge in [-0.25, -0.2) is 0 Å². The van der Waals surface area contributed by atoms with Crippen LogP contribution < -0.4 is 9.47 Å². The van der Waals surface area contributed by atoms with Gasteiger partial charge in [-0.1, -0.05) is 42.5 Å². The first-order chi connectivity index (χ1) is 10.2. The first-order valence-corrected chi connectivity index (χ1v) is 6.72. The highest BCUT2D eigenvalue weighted by Gasteiger charge is 2.05. The van der Waals surface area contributed by atoms with Gasteiger partial charge in [0.1, 0.15) is 6.61 Å². The van der Waals surface area contributed by atoms with Crippen LogP contribution in [0.15, 0.2) is 54.6 Å². The number of ketones is 1. The molecule has 0 unspecified atom stereocenters. The lowest BCUT2D eigenvalue weighted by Gasteiger charge is -2.11. The Hall–Kier alpha value is -2.55. The number of carbonyl (C=O) groups excluding carboxylic acids is 1. The molecule has 2 aromatic carbocycles. The van der Waals surface area contributed by atoms with Crippen molar-refractivity contribution in [2.75, 3.05) is 7.11 Å². The Morgan fingerprint density at radius 2 is 1.86 bits per heavy atom. The fraction of sp³-hybridized carbons (Fsp3) is 0.167. The van der Waals surface area contributed by atoms with Crippen molar-refractivity contribution < 1.29 is 14.3 Å². The van der Waals surface area contributed by atoms with E-state index in [1.165, 1.54) is 13.0 Å². The maximum absolute atomic E-state index is 11.0. The van der Waals surface area contributed by atoms with Gasteiger partial charge in [-0.3, -0.25) is 4.79 Å². The van der Waals surface area contributed by atoms with Gasteiger partial charge in [0.25, 0.3) is 0 Å². The molecule has 0 bridgehead atoms. The van der Waals surface area contributed by atoms with Crippen molar-refractivity contribution in [1.29, 1.82) is 0 Å². The summed E-state index contributed by atoms with van der Waals surface area (Å²) in [5.41, 5.74) is 1.98. The van der Waals surface area contributed by atoms with Crippen LogP contribution in [0, 0.1) is 0 Å². The predicted molar refractivity (Wildman–Crippen MR) is 83.5 cm³/mol. The summed E-state index contributed by atoms with van der Waals surface area (Å²) in [6.07, 6.45) is 3.29. The molecule has 0 aliphatic heterocycles. The molecule has 2 rings (SSSR count). The zero-order valence-corrected chi connectivity index (χ0v) is 12.2. The van der Waals surface area contributed by atoms with Crippen LogP contribution in [0.3, 0.4) is 0 Å². The van der Waals surface area contributed by atoms with Crippen molar-refractivity contribution in [3.8, 4) is 11.5 Å². The van der Waals surface area contributed by atoms with Crippen molar-refractivity contribution in [1.82, 2.24) is 0 Å². The lowest BCUT2D eigenvalue weighted by atomic mass is 10.1. The maximum Gasteiger partial charge on any atom is 0.162 e. The Morgan fingerprint density at radius 3 is 2.52 bits per heavy atom. The van der Waals surface area contributed by atoms with Crippen molar-refractivity contribution >= 4 is 11.9 Å². The molecule has 0 fully saturated rings. The van der Waals surface area contributed by atoms with Crippen LogP contribution in [0.25, 0.3) is 6.08 Å². The number of methoxy groups -OCH3 is 1. The van der Waals surface area contributed by atoms with Crippen molar-refractivity contribution in [3.63, 3.8) is 0 Å². The van der Waals surface area contributed by atoms with E-state index in [1.54, 1.807) is 13.2 Å². The molecule has 0 spiro atoms. The van der Waals surface area contributed by atoms with Crippen molar-refractivity contribution in [3.05, 3.63) is 65.7 Å². The third-order valence-corrected chi connectivity index (χ3v) is 2.94. The summed E-state index contributed by atoms with van der Waals surface area (Å²) in [4.78, 5) is 11.0. The highest BCUT2D eigenvalue weighted by atomic mass is 16.5. The molecule has 0 aromatic heterocycles. The summed E-state index contributed by atoms with van der Waals surface area (Å²) in [5.74, 6) is 1.34. The van der Waals surface area contributed by atoms with Crippen LogP contribution >= 0.6 is 0 Å². The lowest BCUT2D eigenvalue weighted by molar-refractivity contribution is -0.112. The number of allylic oxidation sites excluding steroid dienone is 1. The van der Waals surface area contributed by atoms with Gasteiger partial charge in [0.15, 0.2) is 17.3 Å². The molecule has 21 heavy (non-hydrogen) atoms. The van der Waals surface area contributed by atoms with E-state index in [0.717, 1.165) is 11.1 Å². The Labute approximate surface area is 124 Å². The number of rotatable bonds is 6. The van der Waals surface area contributed by atoms with Gasteiger partial charge in [0.05, 0.1) is 7.11 Å². The number of benzene rings is 2. The average molecular weight is 282 g/mol. The van der Waals surface area contributed by atoms with Crippen LogP contribution in [0.2, 0.25) is 0 Å². The van der Waals surface area contributed by atoms with Crippen LogP contribution in [-0.4, -0.2) is 12.9 Å². The van der Waals surface area contributed by atoms with E-state index < -0.39 is 0 Å². The summed E-state index contributed by atoms with van der Waals surface area (Å²) in [6, 6.07) is 15.5. The normalized spacial score (nSPS) is 10.6. The molecule has 3 heteroatoms. The van der Waals surface area contributed by atoms with Gasteiger partial charge in [0, 0.05) is 0 Å². The van der Waals surface area contributed by atoms with Crippen LogP contribution in [0.1, 0.15) is 18.1 Å². The first kappa shape index (κ1) is 14.9. The second-order valence-electron chi connectivity index (χ2n) is 4.63. The maximum atomic E-state index is 11.0. The molecular weight excluding hydrogens is 264 g/mol. The molecular formula is C18H18O3. The number of hydrogen-bond donors (Lipinski definition) is 0. The molecule has 0 heterocycles. The van der Waals surface area contributed by atoms with Gasteiger partial charge in [-0.05, 0) is 36.3 Å². The van der Waals surface area contributed by atoms with Crippen LogP contribution in [0.5, 0.6) is 11.5 Å². The van der Waals surface area contributed by atoms with E-state index in [1.807, 2.05) is 48.5 Å². The molecule has 0 aliphatic rings. The summed E-state index contributed by atoms with van der Waals surface area (Å²) in [7, 11) is 1.61. The smallest absolute Gasteiger partial charge is 0.162 e. The van der Waals surface area contributed by atoms with E-state index in [0.29, 0.717) is 18.1 Å². The van der Waals surface area contributed by atoms with E-state index in [9.17, 15) is 4.79 Å². The zero-order valence-electron chi connectivity index (χ0n) is 12.2. The quantitative estimate of drug-likeness (QED) is 0.754. The van der Waals surface area contributed by atoms with Gasteiger partial charge < -0.3 is 9.47 Å². The Balaban J connectivity index is 2.16. The minimum absolute atomic E-state index is 0.0116. The molecule has 0 radical (unpaired) electrons. The Kier molecular flexibility index (Phi) is 5.16. The van der Waals surface area contributed by atoms with E-state index >= 15 is 0 Å². The Bertz CT molecular complexity index is 630. The average Bonchev–Trinajstić information content (AvgIpc) is 2.52. The molecule has 0 amide bonds. The number of hydrogen-bond acceptors (Lipinski definition) is 3. The SMILES string of the molecule is COc1ccc(/C=C/C(C)=O)cc1OCc1ccccc1. The fourth-order valence-corrected chi connectivity index (χ4v) is 1.86. The fourth-order valence-electron chi connectivity index (χ4n) is 1.86. The second kappa shape index (κ2) is 7.29. The van der Waals surface area contributed by atoms with E-state index in [2.05, 4.69) is 0 Å². The molecule has 0 aliphatic carbocycles. The third kappa shape index (κ3) is 4.49. The van der Waals surface area contributed by atoms with Gasteiger partial charge in [-0.15, -0.1) is 0 Å². The molecule has 0 atom stereocenters. The molecule has 0 saturated carbocycles. The highest BCUT2D eigenvalue weighted by Crippen LogP contribution is 2.29. The molecule has 0 N–H and O–H groups in total. The Morgan fingerprint density at radius 1 is 1.10 bits per heavy atom. The predicted octanol–water partition coefficient (Wildman–Crippen LogP) is 3.88. The summed E-state index contributed by atoms with van der Waals surface area (Å²) < 4.78 is 11.1. The lowest BCUT2D eigenvalue weighted by Crippen LogP contribution is -1.97. The van der Waals surface area contributed by atoms with Gasteiger partial charge in [0.2, 0.25) is 0 Å². The third-order valence-electron chi connectivity index (χ3n) is 2.94. The summed E-state index contributed by atoms with van der Waals surface area (Å²) >= 11 is 0. The topological polar surface area (TPSA) is 35.5 Å². The van der Waals surface area contributed by atoms with E-state index in [4.69, 9.17) is 9.47 Å². The minimum Gasteiger partial charge on any atom is -0.493 e. The van der Waals surface area contributed by atoms with Gasteiger partial charge >= 0.3 is 0 Å². The van der Waals surface area contributed by atoms with E-state index in [-0.39, 0.29) is 5.78 Å². The molecule has 0 saturated heterocycles. The highest BCUT2D eigenvalue weighted by molar-refractivity contribution is 5.91. The monoisotopic (exact) mass is 282 g/mol. The zero-order chi connectivity index (χ0) is 15.1. The summed E-state index contributed by atoms with van der Waals surface area (Å²) in [5, 5.41) is 0. The van der Waals surface area contributed by atoms with Crippen LogP contribution in [-0.2, 0) is 11.4 Å². The molecule has 2 aromatic rings. The number of carbonyl (C=O) groups is 1.